The highest BCUT2D eigenvalue weighted by molar-refractivity contribution is 6.33. The van der Waals surface area contributed by atoms with Crippen molar-refractivity contribution >= 4 is 17.6 Å². The quantitative estimate of drug-likeness (QED) is 0.862. The van der Waals surface area contributed by atoms with Crippen molar-refractivity contribution in [1.82, 2.24) is 15.3 Å². The molecule has 0 radical (unpaired) electrons. The van der Waals surface area contributed by atoms with Gasteiger partial charge in [0.05, 0.1) is 17.8 Å². The van der Waals surface area contributed by atoms with Gasteiger partial charge in [0, 0.05) is 17.7 Å². The zero-order chi connectivity index (χ0) is 14.8. The average molecular weight is 304 g/mol. The van der Waals surface area contributed by atoms with E-state index in [0.29, 0.717) is 35.1 Å². The summed E-state index contributed by atoms with van der Waals surface area (Å²) in [5.41, 5.74) is 2.72. The molecule has 108 valence electrons. The van der Waals surface area contributed by atoms with E-state index in [2.05, 4.69) is 15.3 Å². The second-order valence-electron chi connectivity index (χ2n) is 4.72. The fourth-order valence-corrected chi connectivity index (χ4v) is 2.61. The van der Waals surface area contributed by atoms with E-state index in [-0.39, 0.29) is 0 Å². The lowest BCUT2D eigenvalue weighted by atomic mass is 10.0. The number of carbonyl (C=O) groups is 1. The normalized spacial score (nSPS) is 13.6. The Morgan fingerprint density at radius 3 is 2.90 bits per heavy atom. The van der Waals surface area contributed by atoms with Crippen molar-refractivity contribution < 1.29 is 9.53 Å². The van der Waals surface area contributed by atoms with Gasteiger partial charge < -0.3 is 10.1 Å². The second-order valence-corrected chi connectivity index (χ2v) is 5.13. The first kappa shape index (κ1) is 14.0. The van der Waals surface area contributed by atoms with Crippen molar-refractivity contribution in [3.63, 3.8) is 0 Å². The maximum Gasteiger partial charge on any atom is 0.357 e. The van der Waals surface area contributed by atoms with E-state index in [1.54, 1.807) is 6.07 Å². The number of benzene rings is 1. The Bertz CT molecular complexity index is 703. The van der Waals surface area contributed by atoms with Crippen LogP contribution in [0.3, 0.4) is 0 Å². The standard InChI is InChI=1S/C15H14ClN3O2/c1-21-15(20)13-10-6-7-17-8-12(10)18-14(19-13)9-4-2-3-5-11(9)16/h2-5,17H,6-8H2,1H3. The number of esters is 1. The molecule has 1 aliphatic heterocycles. The topological polar surface area (TPSA) is 64.1 Å². The van der Waals surface area contributed by atoms with Crippen LogP contribution in [-0.4, -0.2) is 29.6 Å². The van der Waals surface area contributed by atoms with Gasteiger partial charge in [0.25, 0.3) is 0 Å². The number of carbonyl (C=O) groups excluding carboxylic acids is 1. The van der Waals surface area contributed by atoms with Crippen molar-refractivity contribution in [3.05, 3.63) is 46.2 Å². The molecule has 0 aliphatic carbocycles. The largest absolute Gasteiger partial charge is 0.464 e. The minimum Gasteiger partial charge on any atom is -0.464 e. The fraction of sp³-hybridized carbons (Fsp3) is 0.267. The molecule has 0 saturated carbocycles. The number of rotatable bonds is 2. The molecule has 0 saturated heterocycles. The van der Waals surface area contributed by atoms with Gasteiger partial charge in [-0.25, -0.2) is 14.8 Å². The molecule has 0 fully saturated rings. The van der Waals surface area contributed by atoms with Crippen LogP contribution in [0.15, 0.2) is 24.3 Å². The molecule has 3 rings (SSSR count). The second kappa shape index (κ2) is 5.79. The smallest absolute Gasteiger partial charge is 0.357 e. The molecular weight excluding hydrogens is 290 g/mol. The summed E-state index contributed by atoms with van der Waals surface area (Å²) in [6, 6.07) is 7.31. The molecule has 6 heteroatoms. The van der Waals surface area contributed by atoms with E-state index < -0.39 is 5.97 Å². The van der Waals surface area contributed by atoms with Crippen molar-refractivity contribution in [2.75, 3.05) is 13.7 Å². The first-order valence-electron chi connectivity index (χ1n) is 6.64. The highest BCUT2D eigenvalue weighted by Gasteiger charge is 2.23. The van der Waals surface area contributed by atoms with Crippen LogP contribution < -0.4 is 5.32 Å². The highest BCUT2D eigenvalue weighted by atomic mass is 35.5. The van der Waals surface area contributed by atoms with Gasteiger partial charge in [-0.1, -0.05) is 23.7 Å². The molecule has 0 spiro atoms. The van der Waals surface area contributed by atoms with Gasteiger partial charge in [-0.3, -0.25) is 0 Å². The van der Waals surface area contributed by atoms with Gasteiger partial charge in [-0.05, 0) is 25.1 Å². The van der Waals surface area contributed by atoms with Crippen LogP contribution in [0.2, 0.25) is 5.02 Å². The lowest BCUT2D eigenvalue weighted by Crippen LogP contribution is -2.28. The van der Waals surface area contributed by atoms with Crippen LogP contribution in [0.25, 0.3) is 11.4 Å². The van der Waals surface area contributed by atoms with E-state index >= 15 is 0 Å². The molecule has 5 nitrogen and oxygen atoms in total. The summed E-state index contributed by atoms with van der Waals surface area (Å²) in [4.78, 5) is 20.9. The number of nitrogens with zero attached hydrogens (tertiary/aromatic N) is 2. The Kier molecular flexibility index (Phi) is 3.86. The van der Waals surface area contributed by atoms with Crippen LogP contribution in [0.4, 0.5) is 0 Å². The Morgan fingerprint density at radius 1 is 1.33 bits per heavy atom. The third kappa shape index (κ3) is 2.62. The zero-order valence-electron chi connectivity index (χ0n) is 11.5. The summed E-state index contributed by atoms with van der Waals surface area (Å²) < 4.78 is 4.84. The van der Waals surface area contributed by atoms with E-state index in [4.69, 9.17) is 16.3 Å². The van der Waals surface area contributed by atoms with Crippen LogP contribution in [0, 0.1) is 0 Å². The van der Waals surface area contributed by atoms with Gasteiger partial charge in [0.15, 0.2) is 11.5 Å². The summed E-state index contributed by atoms with van der Waals surface area (Å²) >= 11 is 6.20. The van der Waals surface area contributed by atoms with Crippen LogP contribution in [-0.2, 0) is 17.7 Å². The number of hydrogen-bond donors (Lipinski definition) is 1. The number of nitrogens with one attached hydrogen (secondary N) is 1. The molecule has 0 amide bonds. The Labute approximate surface area is 127 Å². The molecule has 0 bridgehead atoms. The molecule has 1 aromatic heterocycles. The Balaban J connectivity index is 2.19. The Morgan fingerprint density at radius 2 is 2.14 bits per heavy atom. The predicted octanol–water partition coefficient (Wildman–Crippen LogP) is 2.23. The first-order chi connectivity index (χ1) is 10.2. The molecule has 21 heavy (non-hydrogen) atoms. The number of aromatic nitrogens is 2. The lowest BCUT2D eigenvalue weighted by molar-refractivity contribution is 0.0592. The third-order valence-electron chi connectivity index (χ3n) is 3.43. The molecule has 1 N–H and O–H groups in total. The molecule has 1 aliphatic rings. The molecule has 1 aromatic carbocycles. The molecular formula is C15H14ClN3O2. The van der Waals surface area contributed by atoms with E-state index in [9.17, 15) is 4.79 Å². The lowest BCUT2D eigenvalue weighted by Gasteiger charge is -2.19. The molecule has 0 atom stereocenters. The minimum absolute atomic E-state index is 0.332. The SMILES string of the molecule is COC(=O)c1nc(-c2ccccc2Cl)nc2c1CCNC2. The van der Waals surface area contributed by atoms with Crippen molar-refractivity contribution in [2.45, 2.75) is 13.0 Å². The third-order valence-corrected chi connectivity index (χ3v) is 3.76. The van der Waals surface area contributed by atoms with Crippen molar-refractivity contribution in [2.24, 2.45) is 0 Å². The first-order valence-corrected chi connectivity index (χ1v) is 7.02. The van der Waals surface area contributed by atoms with E-state index in [1.807, 2.05) is 18.2 Å². The van der Waals surface area contributed by atoms with Gasteiger partial charge in [-0.15, -0.1) is 0 Å². The molecule has 2 aromatic rings. The monoisotopic (exact) mass is 303 g/mol. The van der Waals surface area contributed by atoms with Gasteiger partial charge in [0.2, 0.25) is 0 Å². The number of hydrogen-bond acceptors (Lipinski definition) is 5. The van der Waals surface area contributed by atoms with Crippen molar-refractivity contribution in [1.29, 1.82) is 0 Å². The van der Waals surface area contributed by atoms with Gasteiger partial charge in [-0.2, -0.15) is 0 Å². The molecule has 2 heterocycles. The fourth-order valence-electron chi connectivity index (χ4n) is 2.39. The van der Waals surface area contributed by atoms with Crippen molar-refractivity contribution in [3.8, 4) is 11.4 Å². The number of methoxy groups -OCH3 is 1. The number of halogens is 1. The summed E-state index contributed by atoms with van der Waals surface area (Å²) in [7, 11) is 1.35. The van der Waals surface area contributed by atoms with Gasteiger partial charge >= 0.3 is 5.97 Å². The average Bonchev–Trinajstić information content (AvgIpc) is 2.53. The van der Waals surface area contributed by atoms with Gasteiger partial charge in [0.1, 0.15) is 0 Å². The maximum absolute atomic E-state index is 12.0. The van der Waals surface area contributed by atoms with Crippen LogP contribution in [0.1, 0.15) is 21.7 Å². The Hall–Kier alpha value is -1.98. The van der Waals surface area contributed by atoms with E-state index in [1.165, 1.54) is 7.11 Å². The summed E-state index contributed by atoms with van der Waals surface area (Å²) in [5.74, 6) is 0.00676. The van der Waals surface area contributed by atoms with Crippen LogP contribution in [0.5, 0.6) is 0 Å². The summed E-state index contributed by atoms with van der Waals surface area (Å²) in [6.07, 6.45) is 0.711. The number of fused-ring (bicyclic) bond motifs is 1. The zero-order valence-corrected chi connectivity index (χ0v) is 12.3. The number of ether oxygens (including phenoxy) is 1. The predicted molar refractivity (Wildman–Crippen MR) is 79.2 cm³/mol. The molecule has 0 unspecified atom stereocenters. The highest BCUT2D eigenvalue weighted by Crippen LogP contribution is 2.27. The van der Waals surface area contributed by atoms with Crippen LogP contribution >= 0.6 is 11.6 Å². The van der Waals surface area contributed by atoms with E-state index in [0.717, 1.165) is 17.8 Å². The minimum atomic E-state index is -0.441. The summed E-state index contributed by atoms with van der Waals surface area (Å²) in [5, 5.41) is 3.80. The maximum atomic E-state index is 12.0. The summed E-state index contributed by atoms with van der Waals surface area (Å²) in [6.45, 7) is 1.41.